The number of benzene rings is 1. The SMILES string of the molecule is COc1ccc(CCC(CCC2CCCO2)NN)cc1. The van der Waals surface area contributed by atoms with Crippen LogP contribution >= 0.6 is 0 Å². The summed E-state index contributed by atoms with van der Waals surface area (Å²) in [6.45, 7) is 0.928. The Bertz CT molecular complexity index is 375. The molecule has 1 aromatic rings. The lowest BCUT2D eigenvalue weighted by atomic mass is 10.00. The van der Waals surface area contributed by atoms with Gasteiger partial charge in [-0.25, -0.2) is 0 Å². The summed E-state index contributed by atoms with van der Waals surface area (Å²) in [5, 5.41) is 0. The van der Waals surface area contributed by atoms with Gasteiger partial charge in [-0.15, -0.1) is 0 Å². The van der Waals surface area contributed by atoms with Crippen molar-refractivity contribution in [1.82, 2.24) is 5.43 Å². The molecule has 1 fully saturated rings. The van der Waals surface area contributed by atoms with E-state index in [9.17, 15) is 0 Å². The zero-order valence-electron chi connectivity index (χ0n) is 12.3. The van der Waals surface area contributed by atoms with Gasteiger partial charge >= 0.3 is 0 Å². The van der Waals surface area contributed by atoms with Crippen molar-refractivity contribution in [2.75, 3.05) is 13.7 Å². The van der Waals surface area contributed by atoms with Gasteiger partial charge in [0.05, 0.1) is 13.2 Å². The van der Waals surface area contributed by atoms with Crippen molar-refractivity contribution in [2.45, 2.75) is 50.7 Å². The summed E-state index contributed by atoms with van der Waals surface area (Å²) in [7, 11) is 1.69. The lowest BCUT2D eigenvalue weighted by molar-refractivity contribution is 0.0993. The molecule has 0 aliphatic carbocycles. The molecule has 0 radical (unpaired) electrons. The quantitative estimate of drug-likeness (QED) is 0.566. The van der Waals surface area contributed by atoms with Crippen LogP contribution in [0.5, 0.6) is 5.75 Å². The largest absolute Gasteiger partial charge is 0.497 e. The Balaban J connectivity index is 1.71. The highest BCUT2D eigenvalue weighted by molar-refractivity contribution is 5.27. The standard InChI is InChI=1S/C16H26N2O2/c1-19-15-9-5-13(6-10-15)4-7-14(18-17)8-11-16-3-2-12-20-16/h5-6,9-10,14,16,18H,2-4,7-8,11-12,17H2,1H3. The Hall–Kier alpha value is -1.10. The van der Waals surface area contributed by atoms with Crippen molar-refractivity contribution < 1.29 is 9.47 Å². The summed E-state index contributed by atoms with van der Waals surface area (Å²) in [4.78, 5) is 0. The molecular weight excluding hydrogens is 252 g/mol. The molecule has 1 heterocycles. The zero-order valence-corrected chi connectivity index (χ0v) is 12.3. The normalized spacial score (nSPS) is 20.0. The zero-order chi connectivity index (χ0) is 14.2. The first-order valence-corrected chi connectivity index (χ1v) is 7.52. The Morgan fingerprint density at radius 2 is 2.15 bits per heavy atom. The van der Waals surface area contributed by atoms with E-state index in [1.165, 1.54) is 18.4 Å². The van der Waals surface area contributed by atoms with Crippen LogP contribution in [0.4, 0.5) is 0 Å². The first kappa shape index (κ1) is 15.3. The van der Waals surface area contributed by atoms with Crippen LogP contribution in [-0.4, -0.2) is 25.9 Å². The van der Waals surface area contributed by atoms with Crippen LogP contribution in [-0.2, 0) is 11.2 Å². The minimum absolute atomic E-state index is 0.362. The fourth-order valence-corrected chi connectivity index (χ4v) is 2.70. The number of rotatable bonds is 8. The van der Waals surface area contributed by atoms with E-state index in [1.54, 1.807) is 7.11 Å². The molecule has 0 amide bonds. The van der Waals surface area contributed by atoms with Crippen LogP contribution in [0.15, 0.2) is 24.3 Å². The van der Waals surface area contributed by atoms with Gasteiger partial charge in [-0.05, 0) is 56.2 Å². The summed E-state index contributed by atoms with van der Waals surface area (Å²) in [5.74, 6) is 6.56. The van der Waals surface area contributed by atoms with Crippen LogP contribution < -0.4 is 16.0 Å². The van der Waals surface area contributed by atoms with Crippen molar-refractivity contribution in [3.05, 3.63) is 29.8 Å². The van der Waals surface area contributed by atoms with Gasteiger partial charge in [0.2, 0.25) is 0 Å². The maximum atomic E-state index is 5.66. The van der Waals surface area contributed by atoms with Gasteiger partial charge in [0.25, 0.3) is 0 Å². The summed E-state index contributed by atoms with van der Waals surface area (Å²) in [5.41, 5.74) is 4.26. The molecule has 1 aliphatic rings. The number of hydrogen-bond donors (Lipinski definition) is 2. The van der Waals surface area contributed by atoms with Crippen LogP contribution in [0.1, 0.15) is 37.7 Å². The van der Waals surface area contributed by atoms with Crippen LogP contribution in [0.25, 0.3) is 0 Å². The summed E-state index contributed by atoms with van der Waals surface area (Å²) in [6.07, 6.45) is 7.13. The highest BCUT2D eigenvalue weighted by atomic mass is 16.5. The van der Waals surface area contributed by atoms with E-state index >= 15 is 0 Å². The fraction of sp³-hybridized carbons (Fsp3) is 0.625. The van der Waals surface area contributed by atoms with Crippen molar-refractivity contribution in [3.63, 3.8) is 0 Å². The maximum absolute atomic E-state index is 5.66. The number of nitrogens with two attached hydrogens (primary N) is 1. The van der Waals surface area contributed by atoms with Crippen LogP contribution in [0, 0.1) is 0 Å². The molecule has 0 aromatic heterocycles. The third-order valence-corrected chi connectivity index (χ3v) is 4.04. The van der Waals surface area contributed by atoms with Crippen molar-refractivity contribution in [2.24, 2.45) is 5.84 Å². The minimum Gasteiger partial charge on any atom is -0.497 e. The first-order valence-electron chi connectivity index (χ1n) is 7.52. The maximum Gasteiger partial charge on any atom is 0.118 e. The number of nitrogens with one attached hydrogen (secondary N) is 1. The Morgan fingerprint density at radius 3 is 2.75 bits per heavy atom. The Morgan fingerprint density at radius 1 is 1.35 bits per heavy atom. The summed E-state index contributed by atoms with van der Waals surface area (Å²) < 4.78 is 10.8. The number of aryl methyl sites for hydroxylation is 1. The topological polar surface area (TPSA) is 56.5 Å². The molecule has 0 saturated carbocycles. The van der Waals surface area contributed by atoms with Gasteiger partial charge < -0.3 is 9.47 Å². The van der Waals surface area contributed by atoms with Gasteiger partial charge in [-0.2, -0.15) is 0 Å². The Labute approximate surface area is 121 Å². The molecule has 1 aromatic carbocycles. The second-order valence-electron chi connectivity index (χ2n) is 5.46. The van der Waals surface area contributed by atoms with E-state index in [0.717, 1.165) is 38.0 Å². The van der Waals surface area contributed by atoms with Gasteiger partial charge in [0.15, 0.2) is 0 Å². The summed E-state index contributed by atoms with van der Waals surface area (Å²) >= 11 is 0. The molecule has 20 heavy (non-hydrogen) atoms. The molecule has 0 spiro atoms. The average Bonchev–Trinajstić information content (AvgIpc) is 3.01. The van der Waals surface area contributed by atoms with E-state index in [2.05, 4.69) is 17.6 Å². The average molecular weight is 278 g/mol. The van der Waals surface area contributed by atoms with Gasteiger partial charge in [0.1, 0.15) is 5.75 Å². The summed E-state index contributed by atoms with van der Waals surface area (Å²) in [6, 6.07) is 8.61. The molecule has 112 valence electrons. The van der Waals surface area contributed by atoms with E-state index in [0.29, 0.717) is 12.1 Å². The smallest absolute Gasteiger partial charge is 0.118 e. The van der Waals surface area contributed by atoms with Gasteiger partial charge in [0, 0.05) is 12.6 Å². The number of hydrazine groups is 1. The highest BCUT2D eigenvalue weighted by Gasteiger charge is 2.17. The Kier molecular flexibility index (Phi) is 6.30. The molecule has 2 unspecified atom stereocenters. The van der Waals surface area contributed by atoms with E-state index < -0.39 is 0 Å². The van der Waals surface area contributed by atoms with Gasteiger partial charge in [-0.1, -0.05) is 12.1 Å². The number of ether oxygens (including phenoxy) is 2. The molecule has 4 heteroatoms. The second-order valence-corrected chi connectivity index (χ2v) is 5.46. The highest BCUT2D eigenvalue weighted by Crippen LogP contribution is 2.19. The third kappa shape index (κ3) is 4.78. The van der Waals surface area contributed by atoms with Crippen LogP contribution in [0.2, 0.25) is 0 Å². The molecule has 2 atom stereocenters. The molecule has 4 nitrogen and oxygen atoms in total. The van der Waals surface area contributed by atoms with Crippen molar-refractivity contribution >= 4 is 0 Å². The lowest BCUT2D eigenvalue weighted by Gasteiger charge is -2.18. The van der Waals surface area contributed by atoms with E-state index in [-0.39, 0.29) is 0 Å². The van der Waals surface area contributed by atoms with E-state index in [4.69, 9.17) is 15.3 Å². The van der Waals surface area contributed by atoms with E-state index in [1.807, 2.05) is 12.1 Å². The number of methoxy groups -OCH3 is 1. The third-order valence-electron chi connectivity index (χ3n) is 4.04. The number of hydrogen-bond acceptors (Lipinski definition) is 4. The molecular formula is C16H26N2O2. The lowest BCUT2D eigenvalue weighted by Crippen LogP contribution is -2.36. The molecule has 3 N–H and O–H groups in total. The first-order chi connectivity index (χ1) is 9.81. The monoisotopic (exact) mass is 278 g/mol. The van der Waals surface area contributed by atoms with Crippen LogP contribution in [0.3, 0.4) is 0 Å². The predicted octanol–water partition coefficient (Wildman–Crippen LogP) is 2.42. The minimum atomic E-state index is 0.362. The molecule has 1 saturated heterocycles. The van der Waals surface area contributed by atoms with Crippen molar-refractivity contribution in [3.8, 4) is 5.75 Å². The van der Waals surface area contributed by atoms with Crippen molar-refractivity contribution in [1.29, 1.82) is 0 Å². The fourth-order valence-electron chi connectivity index (χ4n) is 2.70. The van der Waals surface area contributed by atoms with Gasteiger partial charge in [-0.3, -0.25) is 11.3 Å². The molecule has 1 aliphatic heterocycles. The predicted molar refractivity (Wildman–Crippen MR) is 80.6 cm³/mol. The molecule has 0 bridgehead atoms. The second kappa shape index (κ2) is 8.25. The molecule has 2 rings (SSSR count).